The molecule has 1 saturated heterocycles. The number of aromatic nitrogens is 2. The second-order valence-electron chi connectivity index (χ2n) is 7.00. The predicted octanol–water partition coefficient (Wildman–Crippen LogP) is 2.35. The van der Waals surface area contributed by atoms with Crippen molar-refractivity contribution in [1.82, 2.24) is 9.55 Å². The zero-order chi connectivity index (χ0) is 19.1. The molecule has 1 N–H and O–H groups in total. The fourth-order valence-corrected chi connectivity index (χ4v) is 6.66. The molecule has 2 heterocycles. The van der Waals surface area contributed by atoms with Gasteiger partial charge in [0.2, 0.25) is 0 Å². The van der Waals surface area contributed by atoms with E-state index in [0.29, 0.717) is 33.5 Å². The van der Waals surface area contributed by atoms with Crippen LogP contribution < -0.4 is 5.56 Å². The first-order valence-electron chi connectivity index (χ1n) is 8.41. The van der Waals surface area contributed by atoms with Crippen molar-refractivity contribution in [3.8, 4) is 0 Å². The highest BCUT2D eigenvalue weighted by Gasteiger charge is 2.38. The van der Waals surface area contributed by atoms with E-state index in [0.717, 1.165) is 18.2 Å². The van der Waals surface area contributed by atoms with Gasteiger partial charge in [-0.15, -0.1) is 0 Å². The number of sulfone groups is 1. The van der Waals surface area contributed by atoms with Gasteiger partial charge in [-0.25, -0.2) is 13.4 Å². The van der Waals surface area contributed by atoms with Gasteiger partial charge in [0.15, 0.2) is 15.0 Å². The quantitative estimate of drug-likeness (QED) is 0.752. The molecule has 3 rings (SSSR count). The second-order valence-corrected chi connectivity index (χ2v) is 10.8. The smallest absolute Gasteiger partial charge is 0.262 e. The van der Waals surface area contributed by atoms with E-state index in [-0.39, 0.29) is 17.1 Å². The van der Waals surface area contributed by atoms with Crippen molar-refractivity contribution in [1.29, 1.82) is 0 Å². The summed E-state index contributed by atoms with van der Waals surface area (Å²) >= 11 is 7.18. The van der Waals surface area contributed by atoms with Crippen molar-refractivity contribution in [2.24, 2.45) is 5.92 Å². The Kier molecular flexibility index (Phi) is 5.67. The van der Waals surface area contributed by atoms with Gasteiger partial charge < -0.3 is 5.11 Å². The zero-order valence-electron chi connectivity index (χ0n) is 14.6. The lowest BCUT2D eigenvalue weighted by Crippen LogP contribution is -2.27. The van der Waals surface area contributed by atoms with Crippen molar-refractivity contribution in [2.45, 2.75) is 43.3 Å². The Morgan fingerprint density at radius 1 is 1.38 bits per heavy atom. The summed E-state index contributed by atoms with van der Waals surface area (Å²) in [5.41, 5.74) is 0.298. The molecule has 0 aliphatic carbocycles. The highest BCUT2D eigenvalue weighted by molar-refractivity contribution is 8.01. The number of halogens is 1. The SMILES string of the molecule is CC(C)CCn1c(S[C@H]2CS(=O)(=O)C[C@@H]2O)nc2cc(Cl)ccc2c1=O. The molecular formula is C17H21ClN2O4S2. The maximum Gasteiger partial charge on any atom is 0.262 e. The van der Waals surface area contributed by atoms with Gasteiger partial charge in [0, 0.05) is 11.6 Å². The van der Waals surface area contributed by atoms with Gasteiger partial charge in [-0.2, -0.15) is 0 Å². The maximum atomic E-state index is 12.9. The number of thioether (sulfide) groups is 1. The Morgan fingerprint density at radius 2 is 2.12 bits per heavy atom. The fourth-order valence-electron chi connectivity index (χ4n) is 2.89. The van der Waals surface area contributed by atoms with Gasteiger partial charge in [-0.05, 0) is 30.5 Å². The van der Waals surface area contributed by atoms with E-state index < -0.39 is 21.2 Å². The predicted molar refractivity (Wildman–Crippen MR) is 105 cm³/mol. The highest BCUT2D eigenvalue weighted by atomic mass is 35.5. The number of benzene rings is 1. The Labute approximate surface area is 161 Å². The second kappa shape index (κ2) is 7.50. The molecule has 6 nitrogen and oxygen atoms in total. The van der Waals surface area contributed by atoms with Crippen LogP contribution in [0.25, 0.3) is 10.9 Å². The van der Waals surface area contributed by atoms with Crippen LogP contribution in [0.1, 0.15) is 20.3 Å². The summed E-state index contributed by atoms with van der Waals surface area (Å²) in [4.78, 5) is 17.5. The zero-order valence-corrected chi connectivity index (χ0v) is 16.9. The van der Waals surface area contributed by atoms with E-state index in [1.165, 1.54) is 0 Å². The Hall–Kier alpha value is -1.09. The Bertz CT molecular complexity index is 988. The maximum absolute atomic E-state index is 12.9. The monoisotopic (exact) mass is 416 g/mol. The van der Waals surface area contributed by atoms with Crippen LogP contribution >= 0.6 is 23.4 Å². The molecule has 9 heteroatoms. The molecule has 2 atom stereocenters. The summed E-state index contributed by atoms with van der Waals surface area (Å²) in [5, 5.41) is 10.9. The first kappa shape index (κ1) is 19.7. The average Bonchev–Trinajstić information content (AvgIpc) is 2.78. The number of aliphatic hydroxyl groups is 1. The Morgan fingerprint density at radius 3 is 2.73 bits per heavy atom. The lowest BCUT2D eigenvalue weighted by atomic mass is 10.1. The number of rotatable bonds is 5. The summed E-state index contributed by atoms with van der Waals surface area (Å²) in [6.07, 6.45) is -0.171. The number of aliphatic hydroxyl groups excluding tert-OH is 1. The minimum atomic E-state index is -3.27. The molecule has 0 unspecified atom stereocenters. The Balaban J connectivity index is 2.06. The first-order chi connectivity index (χ1) is 12.2. The van der Waals surface area contributed by atoms with Gasteiger partial charge in [0.1, 0.15) is 0 Å². The van der Waals surface area contributed by atoms with E-state index in [2.05, 4.69) is 18.8 Å². The highest BCUT2D eigenvalue weighted by Crippen LogP contribution is 2.31. The minimum absolute atomic E-state index is 0.119. The lowest BCUT2D eigenvalue weighted by Gasteiger charge is -2.17. The molecule has 1 aromatic carbocycles. The van der Waals surface area contributed by atoms with Crippen LogP contribution in [0.5, 0.6) is 0 Å². The standard InChI is InChI=1S/C17H21ClN2O4S2/c1-10(2)5-6-20-16(22)12-4-3-11(18)7-13(12)19-17(20)25-15-9-26(23,24)8-14(15)21/h3-4,7,10,14-15,21H,5-6,8-9H2,1-2H3/t14-,15-/m0/s1. The molecule has 1 fully saturated rings. The molecule has 0 spiro atoms. The number of fused-ring (bicyclic) bond motifs is 1. The van der Waals surface area contributed by atoms with Gasteiger partial charge in [0.05, 0.1) is 33.8 Å². The van der Waals surface area contributed by atoms with E-state index in [4.69, 9.17) is 11.6 Å². The number of hydrogen-bond donors (Lipinski definition) is 1. The van der Waals surface area contributed by atoms with Crippen LogP contribution in [0.15, 0.2) is 28.2 Å². The summed E-state index contributed by atoms with van der Waals surface area (Å²) in [7, 11) is -3.27. The average molecular weight is 417 g/mol. The van der Waals surface area contributed by atoms with Crippen molar-refractivity contribution < 1.29 is 13.5 Å². The molecular weight excluding hydrogens is 396 g/mol. The van der Waals surface area contributed by atoms with E-state index in [9.17, 15) is 18.3 Å². The normalized spacial score (nSPS) is 22.3. The third-order valence-electron chi connectivity index (χ3n) is 4.34. The van der Waals surface area contributed by atoms with E-state index >= 15 is 0 Å². The molecule has 2 aromatic rings. The van der Waals surface area contributed by atoms with Gasteiger partial charge in [-0.3, -0.25) is 9.36 Å². The molecule has 1 aliphatic heterocycles. The molecule has 0 amide bonds. The van der Waals surface area contributed by atoms with Crippen molar-refractivity contribution >= 4 is 44.1 Å². The van der Waals surface area contributed by atoms with Gasteiger partial charge in [-0.1, -0.05) is 37.2 Å². The van der Waals surface area contributed by atoms with Gasteiger partial charge >= 0.3 is 0 Å². The largest absolute Gasteiger partial charge is 0.391 e. The molecule has 0 radical (unpaired) electrons. The summed E-state index contributed by atoms with van der Waals surface area (Å²) in [6.45, 7) is 4.62. The van der Waals surface area contributed by atoms with Crippen molar-refractivity contribution in [2.75, 3.05) is 11.5 Å². The lowest BCUT2D eigenvalue weighted by molar-refractivity contribution is 0.207. The third kappa shape index (κ3) is 4.24. The number of hydrogen-bond acceptors (Lipinski definition) is 6. The third-order valence-corrected chi connectivity index (χ3v) is 7.81. The summed E-state index contributed by atoms with van der Waals surface area (Å²) in [6, 6.07) is 4.93. The minimum Gasteiger partial charge on any atom is -0.391 e. The molecule has 26 heavy (non-hydrogen) atoms. The van der Waals surface area contributed by atoms with Crippen LogP contribution in [0.2, 0.25) is 5.02 Å². The van der Waals surface area contributed by atoms with E-state index in [1.807, 2.05) is 0 Å². The van der Waals surface area contributed by atoms with Gasteiger partial charge in [0.25, 0.3) is 5.56 Å². The van der Waals surface area contributed by atoms with Crippen LogP contribution in [0.3, 0.4) is 0 Å². The van der Waals surface area contributed by atoms with Crippen LogP contribution in [0.4, 0.5) is 0 Å². The summed E-state index contributed by atoms with van der Waals surface area (Å²) < 4.78 is 25.2. The number of nitrogens with zero attached hydrogens (tertiary/aromatic N) is 2. The first-order valence-corrected chi connectivity index (χ1v) is 11.5. The molecule has 142 valence electrons. The van der Waals surface area contributed by atoms with Crippen LogP contribution in [0, 0.1) is 5.92 Å². The van der Waals surface area contributed by atoms with Crippen LogP contribution in [-0.4, -0.2) is 45.9 Å². The molecule has 0 saturated carbocycles. The van der Waals surface area contributed by atoms with E-state index in [1.54, 1.807) is 22.8 Å². The molecule has 1 aromatic heterocycles. The van der Waals surface area contributed by atoms with Crippen LogP contribution in [-0.2, 0) is 16.4 Å². The topological polar surface area (TPSA) is 89.3 Å². The van der Waals surface area contributed by atoms with Crippen molar-refractivity contribution in [3.63, 3.8) is 0 Å². The summed E-state index contributed by atoms with van der Waals surface area (Å²) in [5.74, 6) is 0.0327. The molecule has 0 bridgehead atoms. The molecule has 1 aliphatic rings. The fraction of sp³-hybridized carbons (Fsp3) is 0.529. The van der Waals surface area contributed by atoms with Crippen molar-refractivity contribution in [3.05, 3.63) is 33.6 Å².